The van der Waals surface area contributed by atoms with Gasteiger partial charge >= 0.3 is 0 Å². The van der Waals surface area contributed by atoms with E-state index in [1.54, 1.807) is 0 Å². The Kier molecular flexibility index (Phi) is 1.72. The third-order valence-electron chi connectivity index (χ3n) is 2.86. The zero-order valence-corrected chi connectivity index (χ0v) is 8.57. The predicted molar refractivity (Wildman–Crippen MR) is 64.0 cm³/mol. The van der Waals surface area contributed by atoms with Gasteiger partial charge in [0.2, 0.25) is 0 Å². The molecule has 0 unspecified atom stereocenters. The first-order chi connectivity index (χ1) is 7.34. The standard InChI is InChI=1S/C14H11N/c1-10-3-2-4-12-7-11-5-6-15-9-13(11)8-14(10)12/h2-9H,1H3. The van der Waals surface area contributed by atoms with Crippen molar-refractivity contribution in [1.29, 1.82) is 0 Å². The number of rotatable bonds is 0. The molecule has 15 heavy (non-hydrogen) atoms. The minimum atomic E-state index is 1.21. The molecule has 0 saturated carbocycles. The molecule has 0 radical (unpaired) electrons. The van der Waals surface area contributed by atoms with E-state index < -0.39 is 0 Å². The van der Waals surface area contributed by atoms with E-state index in [0.717, 1.165) is 0 Å². The first-order valence-electron chi connectivity index (χ1n) is 5.08. The van der Waals surface area contributed by atoms with E-state index >= 15 is 0 Å². The van der Waals surface area contributed by atoms with Crippen LogP contribution in [-0.4, -0.2) is 4.98 Å². The van der Waals surface area contributed by atoms with Crippen molar-refractivity contribution in [1.82, 2.24) is 4.98 Å². The summed E-state index contributed by atoms with van der Waals surface area (Å²) < 4.78 is 0. The largest absolute Gasteiger partial charge is 0.264 e. The third-order valence-corrected chi connectivity index (χ3v) is 2.86. The molecule has 3 aromatic rings. The van der Waals surface area contributed by atoms with E-state index in [-0.39, 0.29) is 0 Å². The lowest BCUT2D eigenvalue weighted by molar-refractivity contribution is 1.37. The van der Waals surface area contributed by atoms with Crippen LogP contribution >= 0.6 is 0 Å². The van der Waals surface area contributed by atoms with Gasteiger partial charge in [0.15, 0.2) is 0 Å². The van der Waals surface area contributed by atoms with Crippen molar-refractivity contribution >= 4 is 21.5 Å². The zero-order chi connectivity index (χ0) is 10.3. The molecule has 0 aliphatic carbocycles. The maximum absolute atomic E-state index is 4.15. The van der Waals surface area contributed by atoms with Gasteiger partial charge < -0.3 is 0 Å². The van der Waals surface area contributed by atoms with Crippen molar-refractivity contribution in [3.05, 3.63) is 54.4 Å². The summed E-state index contributed by atoms with van der Waals surface area (Å²) in [5.41, 5.74) is 1.32. The lowest BCUT2D eigenvalue weighted by atomic mass is 10.0. The van der Waals surface area contributed by atoms with Crippen molar-refractivity contribution < 1.29 is 0 Å². The Labute approximate surface area is 88.4 Å². The number of fused-ring (bicyclic) bond motifs is 2. The quantitative estimate of drug-likeness (QED) is 0.496. The van der Waals surface area contributed by atoms with Crippen molar-refractivity contribution in [3.8, 4) is 0 Å². The van der Waals surface area contributed by atoms with Crippen LogP contribution in [0.1, 0.15) is 5.56 Å². The van der Waals surface area contributed by atoms with Crippen molar-refractivity contribution in [2.45, 2.75) is 6.92 Å². The summed E-state index contributed by atoms with van der Waals surface area (Å²) in [6.45, 7) is 2.14. The molecule has 1 heteroatoms. The molecule has 1 aromatic heterocycles. The van der Waals surface area contributed by atoms with Gasteiger partial charge in [-0.05, 0) is 46.8 Å². The van der Waals surface area contributed by atoms with Crippen LogP contribution in [0, 0.1) is 6.92 Å². The minimum Gasteiger partial charge on any atom is -0.264 e. The number of aryl methyl sites for hydroxylation is 1. The van der Waals surface area contributed by atoms with E-state index in [1.165, 1.54) is 27.1 Å². The SMILES string of the molecule is Cc1cccc2cc3ccncc3cc12. The first kappa shape index (κ1) is 8.42. The number of hydrogen-bond donors (Lipinski definition) is 0. The molecule has 3 rings (SSSR count). The topological polar surface area (TPSA) is 12.9 Å². The molecule has 1 nitrogen and oxygen atoms in total. The van der Waals surface area contributed by atoms with Crippen LogP contribution in [0.15, 0.2) is 48.8 Å². The van der Waals surface area contributed by atoms with Crippen LogP contribution in [0.5, 0.6) is 0 Å². The summed E-state index contributed by atoms with van der Waals surface area (Å²) in [6, 6.07) is 12.9. The summed E-state index contributed by atoms with van der Waals surface area (Å²) >= 11 is 0. The summed E-state index contributed by atoms with van der Waals surface area (Å²) in [5.74, 6) is 0. The van der Waals surface area contributed by atoms with E-state index in [9.17, 15) is 0 Å². The fourth-order valence-corrected chi connectivity index (χ4v) is 2.02. The van der Waals surface area contributed by atoms with Crippen molar-refractivity contribution in [3.63, 3.8) is 0 Å². The lowest BCUT2D eigenvalue weighted by Crippen LogP contribution is -1.80. The highest BCUT2D eigenvalue weighted by Gasteiger charge is 1.99. The van der Waals surface area contributed by atoms with Gasteiger partial charge in [-0.2, -0.15) is 0 Å². The molecule has 0 bridgehead atoms. The molecule has 0 N–H and O–H groups in total. The predicted octanol–water partition coefficient (Wildman–Crippen LogP) is 3.70. The Morgan fingerprint density at radius 2 is 1.87 bits per heavy atom. The average molecular weight is 193 g/mol. The third kappa shape index (κ3) is 1.28. The van der Waals surface area contributed by atoms with E-state index in [1.807, 2.05) is 12.4 Å². The van der Waals surface area contributed by atoms with Gasteiger partial charge in [-0.25, -0.2) is 0 Å². The molecule has 0 spiro atoms. The molecule has 0 fully saturated rings. The summed E-state index contributed by atoms with van der Waals surface area (Å²) in [6.07, 6.45) is 3.76. The van der Waals surface area contributed by atoms with Crippen LogP contribution < -0.4 is 0 Å². The summed E-state index contributed by atoms with van der Waals surface area (Å²) in [5, 5.41) is 5.08. The summed E-state index contributed by atoms with van der Waals surface area (Å²) in [7, 11) is 0. The fraction of sp³-hybridized carbons (Fsp3) is 0.0714. The highest BCUT2D eigenvalue weighted by atomic mass is 14.6. The molecular formula is C14H11N. The number of benzene rings is 2. The van der Waals surface area contributed by atoms with Crippen LogP contribution in [-0.2, 0) is 0 Å². The van der Waals surface area contributed by atoms with Crippen LogP contribution in [0.2, 0.25) is 0 Å². The second-order valence-corrected chi connectivity index (χ2v) is 3.87. The van der Waals surface area contributed by atoms with Gasteiger partial charge in [0, 0.05) is 17.8 Å². The van der Waals surface area contributed by atoms with E-state index in [4.69, 9.17) is 0 Å². The van der Waals surface area contributed by atoms with E-state index in [2.05, 4.69) is 48.3 Å². The normalized spacial score (nSPS) is 11.0. The van der Waals surface area contributed by atoms with Gasteiger partial charge in [0.1, 0.15) is 0 Å². The Morgan fingerprint density at radius 3 is 2.80 bits per heavy atom. The molecule has 72 valence electrons. The van der Waals surface area contributed by atoms with Gasteiger partial charge in [-0.3, -0.25) is 4.98 Å². The van der Waals surface area contributed by atoms with Crippen LogP contribution in [0.4, 0.5) is 0 Å². The minimum absolute atomic E-state index is 1.21. The highest BCUT2D eigenvalue weighted by Crippen LogP contribution is 2.24. The first-order valence-corrected chi connectivity index (χ1v) is 5.08. The van der Waals surface area contributed by atoms with Gasteiger partial charge in [0.25, 0.3) is 0 Å². The van der Waals surface area contributed by atoms with E-state index in [0.29, 0.717) is 0 Å². The number of hydrogen-bond acceptors (Lipinski definition) is 1. The Bertz CT molecular complexity index is 641. The average Bonchev–Trinajstić information content (AvgIpc) is 2.27. The highest BCUT2D eigenvalue weighted by molar-refractivity contribution is 5.99. The molecular weight excluding hydrogens is 182 g/mol. The van der Waals surface area contributed by atoms with Crippen molar-refractivity contribution in [2.75, 3.05) is 0 Å². The number of pyridine rings is 1. The molecule has 0 aliphatic rings. The van der Waals surface area contributed by atoms with Crippen LogP contribution in [0.25, 0.3) is 21.5 Å². The van der Waals surface area contributed by atoms with Gasteiger partial charge in [-0.1, -0.05) is 18.2 Å². The maximum Gasteiger partial charge on any atom is 0.0346 e. The van der Waals surface area contributed by atoms with Gasteiger partial charge in [0.05, 0.1) is 0 Å². The second-order valence-electron chi connectivity index (χ2n) is 3.87. The monoisotopic (exact) mass is 193 g/mol. The second kappa shape index (κ2) is 3.06. The van der Waals surface area contributed by atoms with Crippen LogP contribution in [0.3, 0.4) is 0 Å². The zero-order valence-electron chi connectivity index (χ0n) is 8.57. The van der Waals surface area contributed by atoms with Crippen molar-refractivity contribution in [2.24, 2.45) is 0 Å². The maximum atomic E-state index is 4.15. The molecule has 0 aliphatic heterocycles. The molecule has 1 heterocycles. The number of aromatic nitrogens is 1. The Balaban J connectivity index is 2.53. The molecule has 0 saturated heterocycles. The smallest absolute Gasteiger partial charge is 0.0346 e. The lowest BCUT2D eigenvalue weighted by Gasteiger charge is -2.04. The Morgan fingerprint density at radius 1 is 0.933 bits per heavy atom. The van der Waals surface area contributed by atoms with Gasteiger partial charge in [-0.15, -0.1) is 0 Å². The Hall–Kier alpha value is -1.89. The fourth-order valence-electron chi connectivity index (χ4n) is 2.02. The molecule has 0 amide bonds. The number of nitrogens with zero attached hydrogens (tertiary/aromatic N) is 1. The molecule has 2 aromatic carbocycles. The molecule has 0 atom stereocenters. The summed E-state index contributed by atoms with van der Waals surface area (Å²) in [4.78, 5) is 4.15.